The molecule has 15 aromatic rings. The number of halogens is 1. The van der Waals surface area contributed by atoms with Crippen molar-refractivity contribution in [2.75, 3.05) is 22.2 Å². The first-order valence-electron chi connectivity index (χ1n) is 31.2. The number of benzene rings is 6. The zero-order valence-corrected chi connectivity index (χ0v) is 56.2. The number of nitrogens with one attached hydrogen (secondary N) is 3. The number of nitrogens with zero attached hydrogens (tertiary/aromatic N) is 15. The third-order valence-electron chi connectivity index (χ3n) is 17.2. The van der Waals surface area contributed by atoms with Crippen LogP contribution >= 0.6 is 0 Å². The maximum atomic E-state index is 13.2. The molecule has 0 saturated heterocycles. The molecule has 0 saturated carbocycles. The minimum Gasteiger partial charge on any atom is -0.378 e. The fourth-order valence-corrected chi connectivity index (χ4v) is 13.2. The Hall–Kier alpha value is -11.1. The number of imidazole rings is 1. The first kappa shape index (κ1) is 65.0. The molecule has 0 aliphatic rings. The van der Waals surface area contributed by atoms with Crippen LogP contribution in [0.2, 0.25) is 0 Å². The highest BCUT2D eigenvalue weighted by molar-refractivity contribution is 7.90. The van der Waals surface area contributed by atoms with Crippen LogP contribution in [0.15, 0.2) is 157 Å². The van der Waals surface area contributed by atoms with E-state index < -0.39 is 9.84 Å². The van der Waals surface area contributed by atoms with Gasteiger partial charge in [0.25, 0.3) is 0 Å². The Labute approximate surface area is 556 Å². The van der Waals surface area contributed by atoms with Crippen LogP contribution in [0.5, 0.6) is 0 Å². The highest BCUT2D eigenvalue weighted by atomic mass is 32.2. The fourth-order valence-electron chi connectivity index (χ4n) is 12.5. The predicted octanol–water partition coefficient (Wildman–Crippen LogP) is 14.6. The van der Waals surface area contributed by atoms with E-state index in [0.29, 0.717) is 18.0 Å². The van der Waals surface area contributed by atoms with Crippen LogP contribution in [0, 0.1) is 68.1 Å². The van der Waals surface area contributed by atoms with Crippen LogP contribution in [0.4, 0.5) is 21.7 Å². The van der Waals surface area contributed by atoms with Crippen molar-refractivity contribution in [1.29, 1.82) is 0 Å². The summed E-state index contributed by atoms with van der Waals surface area (Å²) in [6, 6.07) is 48.9. The Morgan fingerprint density at radius 2 is 0.833 bits per heavy atom. The van der Waals surface area contributed by atoms with Gasteiger partial charge < -0.3 is 16.0 Å². The maximum absolute atomic E-state index is 13.2. The van der Waals surface area contributed by atoms with Crippen molar-refractivity contribution in [2.24, 2.45) is 21.1 Å². The first-order valence-corrected chi connectivity index (χ1v) is 33.1. The summed E-state index contributed by atoms with van der Waals surface area (Å²) in [7, 11) is 2.67. The van der Waals surface area contributed by atoms with E-state index in [2.05, 4.69) is 110 Å². The SMILES string of the molecule is C.Cc1cc(NCc2ccc(F)cc2)n2nc(C)c(-c3ccc4c(c3)c(C)nn4C)c2n1.Cc1cc(NCc2ccc(S(C)(=O)=O)cc2)c2nc(C)c(-c3ccc4c(c3)c(C)nn4C)n2n1.Cc1cc(NCc2ccccc2)n2nc(C)c(-c3ccc4c(c3)c(C)nn4C)c2n1. The first-order chi connectivity index (χ1) is 45.5. The largest absolute Gasteiger partial charge is 0.378 e. The van der Waals surface area contributed by atoms with Crippen LogP contribution in [0.25, 0.3) is 83.2 Å². The molecule has 22 heteroatoms. The van der Waals surface area contributed by atoms with Gasteiger partial charge in [0, 0.05) is 103 Å². The van der Waals surface area contributed by atoms with E-state index in [1.54, 1.807) is 24.3 Å². The lowest BCUT2D eigenvalue weighted by molar-refractivity contribution is 0.602. The van der Waals surface area contributed by atoms with Crippen molar-refractivity contribution < 1.29 is 12.8 Å². The van der Waals surface area contributed by atoms with E-state index in [9.17, 15) is 12.8 Å². The molecule has 488 valence electrons. The van der Waals surface area contributed by atoms with Gasteiger partial charge in [-0.25, -0.2) is 32.3 Å². The second kappa shape index (κ2) is 26.0. The Kier molecular flexibility index (Phi) is 17.6. The Balaban J connectivity index is 0.000000137. The molecule has 9 aromatic heterocycles. The second-order valence-corrected chi connectivity index (χ2v) is 26.4. The van der Waals surface area contributed by atoms with E-state index in [0.717, 1.165) is 169 Å². The molecule has 20 nitrogen and oxygen atoms in total. The van der Waals surface area contributed by atoms with Crippen molar-refractivity contribution in [3.63, 3.8) is 0 Å². The van der Waals surface area contributed by atoms with Gasteiger partial charge in [-0.05, 0) is 157 Å². The van der Waals surface area contributed by atoms with Crippen LogP contribution in [0.1, 0.15) is 75.4 Å². The summed E-state index contributed by atoms with van der Waals surface area (Å²) in [6.45, 7) is 19.9. The van der Waals surface area contributed by atoms with Crippen molar-refractivity contribution in [2.45, 2.75) is 94.3 Å². The van der Waals surface area contributed by atoms with Crippen LogP contribution < -0.4 is 16.0 Å². The van der Waals surface area contributed by atoms with Gasteiger partial charge in [0.2, 0.25) is 0 Å². The van der Waals surface area contributed by atoms with Crippen molar-refractivity contribution in [1.82, 2.24) is 73.1 Å². The lowest BCUT2D eigenvalue weighted by atomic mass is 10.0. The molecule has 0 unspecified atom stereocenters. The van der Waals surface area contributed by atoms with Gasteiger partial charge in [-0.2, -0.15) is 39.6 Å². The molecule has 0 radical (unpaired) electrons. The summed E-state index contributed by atoms with van der Waals surface area (Å²) in [6.07, 6.45) is 1.21. The summed E-state index contributed by atoms with van der Waals surface area (Å²) in [5.74, 6) is 1.55. The average Bonchev–Trinajstić information content (AvgIpc) is 1.61. The van der Waals surface area contributed by atoms with Gasteiger partial charge in [-0.15, -0.1) is 0 Å². The number of aryl methyl sites for hydroxylation is 12. The van der Waals surface area contributed by atoms with E-state index in [-0.39, 0.29) is 13.2 Å². The van der Waals surface area contributed by atoms with Crippen molar-refractivity contribution >= 4 is 76.8 Å². The molecule has 0 atom stereocenters. The number of rotatable bonds is 13. The van der Waals surface area contributed by atoms with Gasteiger partial charge in [0.05, 0.1) is 72.7 Å². The molecule has 6 aromatic carbocycles. The predicted molar refractivity (Wildman–Crippen MR) is 382 cm³/mol. The van der Waals surface area contributed by atoms with Crippen molar-refractivity contribution in [3.05, 3.63) is 225 Å². The zero-order valence-electron chi connectivity index (χ0n) is 55.4. The molecule has 0 amide bonds. The number of sulfone groups is 1. The van der Waals surface area contributed by atoms with Gasteiger partial charge in [-0.3, -0.25) is 14.0 Å². The molecule has 0 aliphatic carbocycles. The molecule has 0 bridgehead atoms. The van der Waals surface area contributed by atoms with Crippen molar-refractivity contribution in [3.8, 4) is 33.5 Å². The van der Waals surface area contributed by atoms with Crippen LogP contribution in [-0.4, -0.2) is 87.8 Å². The van der Waals surface area contributed by atoms with Gasteiger partial charge in [-0.1, -0.05) is 80.2 Å². The Bertz CT molecular complexity index is 5570. The lowest BCUT2D eigenvalue weighted by Gasteiger charge is -2.10. The molecular formula is C74H77FN18O2S. The fraction of sp³-hybridized carbons (Fsp3) is 0.230. The van der Waals surface area contributed by atoms with E-state index in [4.69, 9.17) is 30.2 Å². The Morgan fingerprint density at radius 3 is 1.30 bits per heavy atom. The Morgan fingerprint density at radius 1 is 0.406 bits per heavy atom. The quantitative estimate of drug-likeness (QED) is 0.0980. The third-order valence-corrected chi connectivity index (χ3v) is 18.3. The summed E-state index contributed by atoms with van der Waals surface area (Å²) < 4.78 is 48.0. The van der Waals surface area contributed by atoms with E-state index in [1.165, 1.54) is 24.0 Å². The third kappa shape index (κ3) is 12.7. The summed E-state index contributed by atoms with van der Waals surface area (Å²) >= 11 is 0. The molecule has 0 aliphatic heterocycles. The molecule has 0 spiro atoms. The zero-order chi connectivity index (χ0) is 66.7. The topological polar surface area (TPSA) is 214 Å². The average molecular weight is 1300 g/mol. The minimum absolute atomic E-state index is 0. The molecule has 0 fully saturated rings. The van der Waals surface area contributed by atoms with Gasteiger partial charge in [0.1, 0.15) is 17.5 Å². The number of anilines is 3. The highest BCUT2D eigenvalue weighted by Gasteiger charge is 2.22. The monoisotopic (exact) mass is 1300 g/mol. The van der Waals surface area contributed by atoms with Crippen LogP contribution in [-0.2, 0) is 50.6 Å². The number of fused-ring (bicyclic) bond motifs is 6. The molecule has 3 N–H and O–H groups in total. The van der Waals surface area contributed by atoms with Gasteiger partial charge >= 0.3 is 0 Å². The van der Waals surface area contributed by atoms with E-state index >= 15 is 0 Å². The highest BCUT2D eigenvalue weighted by Crippen LogP contribution is 2.36. The molecule has 15 rings (SSSR count). The summed E-state index contributed by atoms with van der Waals surface area (Å²) in [4.78, 5) is 14.8. The maximum Gasteiger partial charge on any atom is 0.177 e. The molecular weight excluding hydrogens is 1220 g/mol. The lowest BCUT2D eigenvalue weighted by Crippen LogP contribution is -2.07. The standard InChI is InChI=1S/C25H26N6O2S.C24H23FN6.C24H24N6.CH4/c1-15-12-22(26-14-18-6-9-20(10-7-18)34(5,32)33)25-27-17(3)24(31(25)28-15)19-8-11-23-21(13-19)16(2)29-30(23)4;1-14-11-22(26-13-17-5-8-19(25)9-6-17)31-24(27-14)23(16(3)29-31)18-7-10-21-20(12-18)15(2)28-30(21)4;1-15-12-22(25-14-18-8-6-5-7-9-18)30-24(26-15)23(17(3)28-30)19-10-11-21-20(13-19)16(2)27-29(21)4;/h6-13,26H,14H2,1-5H3;5-12,26H,13H2,1-4H3;5-13,25H,14H2,1-4H3;1H4. The second-order valence-electron chi connectivity index (χ2n) is 24.3. The smallest absolute Gasteiger partial charge is 0.177 e. The summed E-state index contributed by atoms with van der Waals surface area (Å²) in [5, 5.41) is 41.8. The number of aromatic nitrogens is 15. The molecule has 9 heterocycles. The van der Waals surface area contributed by atoms with Gasteiger partial charge in [0.15, 0.2) is 26.8 Å². The minimum atomic E-state index is -3.21. The number of hydrogen-bond acceptors (Lipinski definition) is 14. The molecule has 96 heavy (non-hydrogen) atoms. The summed E-state index contributed by atoms with van der Waals surface area (Å²) in [5.41, 5.74) is 24.5. The normalized spacial score (nSPS) is 11.6. The van der Waals surface area contributed by atoms with Crippen LogP contribution in [0.3, 0.4) is 0 Å². The van der Waals surface area contributed by atoms with E-state index in [1.807, 2.05) is 147 Å². The number of hydrogen-bond donors (Lipinski definition) is 3.